The molecule has 2 bridgehead atoms. The van der Waals surface area contributed by atoms with Gasteiger partial charge in [-0.05, 0) is 54.1 Å². The first-order valence-electron chi connectivity index (χ1n) is 7.58. The Labute approximate surface area is 137 Å². The zero-order valence-electron chi connectivity index (χ0n) is 11.9. The number of rotatable bonds is 3. The molecule has 2 aromatic heterocycles. The zero-order valence-corrected chi connectivity index (χ0v) is 13.5. The number of carbonyl (C=O) groups excluding carboxylic acids is 1. The second kappa shape index (κ2) is 5.66. The summed E-state index contributed by atoms with van der Waals surface area (Å²) in [6, 6.07) is 1.88. The zero-order chi connectivity index (χ0) is 15.1. The number of halogens is 1. The van der Waals surface area contributed by atoms with Gasteiger partial charge >= 0.3 is 5.97 Å². The number of aromatic nitrogens is 2. The van der Waals surface area contributed by atoms with E-state index in [4.69, 9.17) is 16.4 Å². The van der Waals surface area contributed by atoms with Crippen molar-refractivity contribution in [2.75, 3.05) is 5.48 Å². The minimum Gasteiger partial charge on any atom is -0.342 e. The topological polar surface area (TPSA) is 64.1 Å². The predicted octanol–water partition coefficient (Wildman–Crippen LogP) is 4.04. The summed E-state index contributed by atoms with van der Waals surface area (Å²) in [5, 5.41) is 2.86. The maximum Gasteiger partial charge on any atom is 0.335 e. The molecule has 2 heterocycles. The van der Waals surface area contributed by atoms with Crippen LogP contribution in [-0.4, -0.2) is 15.9 Å². The summed E-state index contributed by atoms with van der Waals surface area (Å²) in [7, 11) is 0. The molecule has 1 N–H and O–H groups in total. The summed E-state index contributed by atoms with van der Waals surface area (Å²) in [6.45, 7) is 0. The van der Waals surface area contributed by atoms with Crippen molar-refractivity contribution in [1.82, 2.24) is 9.97 Å². The fourth-order valence-corrected chi connectivity index (χ4v) is 4.73. The molecule has 0 spiro atoms. The van der Waals surface area contributed by atoms with Crippen molar-refractivity contribution in [3.05, 3.63) is 16.7 Å². The molecule has 0 aliphatic heterocycles. The van der Waals surface area contributed by atoms with Crippen LogP contribution >= 0.6 is 22.9 Å². The highest BCUT2D eigenvalue weighted by atomic mass is 35.5. The van der Waals surface area contributed by atoms with Crippen molar-refractivity contribution in [3.8, 4) is 0 Å². The summed E-state index contributed by atoms with van der Waals surface area (Å²) >= 11 is 7.37. The van der Waals surface area contributed by atoms with E-state index < -0.39 is 0 Å². The maximum absolute atomic E-state index is 12.4. The lowest BCUT2D eigenvalue weighted by molar-refractivity contribution is -0.151. The molecule has 5 rings (SSSR count). The Hall–Kier alpha value is -1.40. The van der Waals surface area contributed by atoms with Crippen LogP contribution in [0, 0.1) is 17.8 Å². The van der Waals surface area contributed by atoms with E-state index in [2.05, 4.69) is 15.4 Å². The molecule has 5 nitrogen and oxygen atoms in total. The van der Waals surface area contributed by atoms with Crippen molar-refractivity contribution in [3.63, 3.8) is 0 Å². The lowest BCUT2D eigenvalue weighted by atomic mass is 9.65. The first-order chi connectivity index (χ1) is 10.7. The van der Waals surface area contributed by atoms with Gasteiger partial charge < -0.3 is 4.84 Å². The molecule has 7 heteroatoms. The largest absolute Gasteiger partial charge is 0.342 e. The Balaban J connectivity index is 1.47. The van der Waals surface area contributed by atoms with E-state index in [1.165, 1.54) is 24.2 Å². The van der Waals surface area contributed by atoms with Crippen LogP contribution in [0.1, 0.15) is 32.1 Å². The molecule has 1 atom stereocenters. The van der Waals surface area contributed by atoms with Crippen molar-refractivity contribution < 1.29 is 9.63 Å². The average molecular weight is 338 g/mol. The molecular formula is C15H16ClN3O2S. The highest BCUT2D eigenvalue weighted by molar-refractivity contribution is 7.16. The SMILES string of the molecule is O=C(ONc1nc(Cl)nc2sccc12)C1CC2CCC1CC2. The van der Waals surface area contributed by atoms with Crippen LogP contribution in [0.15, 0.2) is 11.4 Å². The number of nitrogens with zero attached hydrogens (tertiary/aromatic N) is 2. The van der Waals surface area contributed by atoms with Gasteiger partial charge in [-0.15, -0.1) is 11.3 Å². The van der Waals surface area contributed by atoms with Gasteiger partial charge in [-0.2, -0.15) is 10.5 Å². The van der Waals surface area contributed by atoms with Crippen LogP contribution in [0.5, 0.6) is 0 Å². The minimum absolute atomic E-state index is 0.0234. The van der Waals surface area contributed by atoms with Crippen LogP contribution < -0.4 is 5.48 Å². The third-order valence-electron chi connectivity index (χ3n) is 4.90. The number of fused-ring (bicyclic) bond motifs is 4. The van der Waals surface area contributed by atoms with E-state index in [-0.39, 0.29) is 17.2 Å². The van der Waals surface area contributed by atoms with Gasteiger partial charge in [-0.25, -0.2) is 9.78 Å². The van der Waals surface area contributed by atoms with Crippen molar-refractivity contribution in [1.29, 1.82) is 0 Å². The lowest BCUT2D eigenvalue weighted by Crippen LogP contribution is -2.37. The molecular weight excluding hydrogens is 322 g/mol. The summed E-state index contributed by atoms with van der Waals surface area (Å²) in [5.74, 6) is 1.47. The van der Waals surface area contributed by atoms with E-state index in [1.54, 1.807) is 0 Å². The Morgan fingerprint density at radius 3 is 2.86 bits per heavy atom. The lowest BCUT2D eigenvalue weighted by Gasteiger charge is -2.40. The summed E-state index contributed by atoms with van der Waals surface area (Å²) < 4.78 is 0. The van der Waals surface area contributed by atoms with Gasteiger partial charge in [0.25, 0.3) is 0 Å². The van der Waals surface area contributed by atoms with Gasteiger partial charge in [-0.1, -0.05) is 12.8 Å². The van der Waals surface area contributed by atoms with E-state index >= 15 is 0 Å². The third kappa shape index (κ3) is 2.54. The van der Waals surface area contributed by atoms with Gasteiger partial charge in [0.1, 0.15) is 4.83 Å². The number of hydrogen-bond acceptors (Lipinski definition) is 6. The number of thiophene rings is 1. The van der Waals surface area contributed by atoms with Gasteiger partial charge in [0.15, 0.2) is 5.82 Å². The molecule has 0 aromatic carbocycles. The minimum atomic E-state index is -0.174. The second-order valence-electron chi connectivity index (χ2n) is 6.13. The normalized spacial score (nSPS) is 27.0. The van der Waals surface area contributed by atoms with Gasteiger partial charge in [-0.3, -0.25) is 0 Å². The molecule has 116 valence electrons. The Morgan fingerprint density at radius 2 is 2.14 bits per heavy atom. The fraction of sp³-hybridized carbons (Fsp3) is 0.533. The molecule has 0 saturated heterocycles. The van der Waals surface area contributed by atoms with E-state index in [9.17, 15) is 4.79 Å². The summed E-state index contributed by atoms with van der Waals surface area (Å²) in [5.41, 5.74) is 2.69. The molecule has 1 unspecified atom stereocenters. The molecule has 22 heavy (non-hydrogen) atoms. The van der Waals surface area contributed by atoms with Crippen LogP contribution in [0.25, 0.3) is 10.2 Å². The smallest absolute Gasteiger partial charge is 0.335 e. The average Bonchev–Trinajstić information content (AvgIpc) is 3.01. The van der Waals surface area contributed by atoms with E-state index in [0.29, 0.717) is 17.7 Å². The fourth-order valence-electron chi connectivity index (χ4n) is 3.75. The Bertz CT molecular complexity index is 712. The van der Waals surface area contributed by atoms with Crippen LogP contribution in [0.3, 0.4) is 0 Å². The van der Waals surface area contributed by atoms with E-state index in [1.807, 2.05) is 11.4 Å². The number of carbonyl (C=O) groups is 1. The third-order valence-corrected chi connectivity index (χ3v) is 5.87. The molecule has 2 aromatic rings. The Kier molecular flexibility index (Phi) is 3.66. The number of nitrogens with one attached hydrogen (secondary N) is 1. The highest BCUT2D eigenvalue weighted by Crippen LogP contribution is 2.45. The highest BCUT2D eigenvalue weighted by Gasteiger charge is 2.40. The van der Waals surface area contributed by atoms with Crippen molar-refractivity contribution in [2.45, 2.75) is 32.1 Å². The van der Waals surface area contributed by atoms with Gasteiger partial charge in [0, 0.05) is 0 Å². The predicted molar refractivity (Wildman–Crippen MR) is 85.7 cm³/mol. The standard InChI is InChI=1S/C15H16ClN3O2S/c16-15-17-12(10-5-6-22-13(10)18-15)19-21-14(20)11-7-8-1-3-9(11)4-2-8/h5-6,8-9,11H,1-4,7H2,(H,17,18,19). The number of anilines is 1. The van der Waals surface area contributed by atoms with E-state index in [0.717, 1.165) is 29.5 Å². The molecule has 0 amide bonds. The molecule has 3 aliphatic rings. The van der Waals surface area contributed by atoms with Crippen LogP contribution in [0.4, 0.5) is 5.82 Å². The van der Waals surface area contributed by atoms with Crippen molar-refractivity contribution in [2.24, 2.45) is 17.8 Å². The van der Waals surface area contributed by atoms with Crippen LogP contribution in [-0.2, 0) is 9.63 Å². The van der Waals surface area contributed by atoms with Gasteiger partial charge in [0.2, 0.25) is 5.28 Å². The number of hydrogen-bond donors (Lipinski definition) is 1. The first-order valence-corrected chi connectivity index (χ1v) is 8.84. The first kappa shape index (κ1) is 14.2. The molecule has 0 radical (unpaired) electrons. The molecule has 3 saturated carbocycles. The summed E-state index contributed by atoms with van der Waals surface area (Å²) in [6.07, 6.45) is 5.79. The maximum atomic E-state index is 12.4. The quantitative estimate of drug-likeness (QED) is 0.676. The second-order valence-corrected chi connectivity index (χ2v) is 7.36. The summed E-state index contributed by atoms with van der Waals surface area (Å²) in [4.78, 5) is 26.7. The molecule has 3 aliphatic carbocycles. The monoisotopic (exact) mass is 337 g/mol. The van der Waals surface area contributed by atoms with Crippen molar-refractivity contribution >= 4 is 44.9 Å². The molecule has 3 fully saturated rings. The van der Waals surface area contributed by atoms with Gasteiger partial charge in [0.05, 0.1) is 11.3 Å². The Morgan fingerprint density at radius 1 is 1.32 bits per heavy atom. The van der Waals surface area contributed by atoms with Crippen LogP contribution in [0.2, 0.25) is 5.28 Å².